The van der Waals surface area contributed by atoms with Crippen molar-refractivity contribution < 1.29 is 13.2 Å². The summed E-state index contributed by atoms with van der Waals surface area (Å²) in [4.78, 5) is 4.51. The Morgan fingerprint density at radius 2 is 1.75 bits per heavy atom. The van der Waals surface area contributed by atoms with Crippen molar-refractivity contribution in [1.82, 2.24) is 4.98 Å². The number of nitrogens with one attached hydrogen (secondary N) is 2. The van der Waals surface area contributed by atoms with Crippen LogP contribution < -0.4 is 14.8 Å². The highest BCUT2D eigenvalue weighted by atomic mass is 32.2. The number of methoxy groups -OCH3 is 1. The van der Waals surface area contributed by atoms with E-state index < -0.39 is 10.0 Å². The van der Waals surface area contributed by atoms with Gasteiger partial charge in [-0.05, 0) is 73.9 Å². The number of rotatable bonds is 6. The fraction of sp³-hybridized carbons (Fsp3) is 0.190. The molecule has 0 aliphatic heterocycles. The quantitative estimate of drug-likeness (QED) is 0.637. The topological polar surface area (TPSA) is 80.3 Å². The minimum absolute atomic E-state index is 0.200. The predicted molar refractivity (Wildman–Crippen MR) is 112 cm³/mol. The number of ether oxygens (including phenoxy) is 1. The Balaban J connectivity index is 1.77. The normalized spacial score (nSPS) is 11.1. The van der Waals surface area contributed by atoms with Crippen LogP contribution in [-0.4, -0.2) is 20.5 Å². The lowest BCUT2D eigenvalue weighted by Crippen LogP contribution is -2.14. The summed E-state index contributed by atoms with van der Waals surface area (Å²) in [6.45, 7) is 5.82. The molecule has 0 radical (unpaired) electrons. The molecule has 0 fully saturated rings. The van der Waals surface area contributed by atoms with Crippen LogP contribution in [0.15, 0.2) is 59.6 Å². The van der Waals surface area contributed by atoms with Gasteiger partial charge in [-0.2, -0.15) is 0 Å². The molecule has 0 bridgehead atoms. The first-order chi connectivity index (χ1) is 13.3. The maximum Gasteiger partial charge on any atom is 0.262 e. The van der Waals surface area contributed by atoms with Crippen LogP contribution in [0.4, 0.5) is 17.2 Å². The number of aryl methyl sites for hydroxylation is 2. The molecule has 0 amide bonds. The van der Waals surface area contributed by atoms with E-state index in [1.807, 2.05) is 32.0 Å². The molecule has 2 aromatic carbocycles. The van der Waals surface area contributed by atoms with Crippen LogP contribution in [0, 0.1) is 20.8 Å². The highest BCUT2D eigenvalue weighted by Crippen LogP contribution is 2.25. The van der Waals surface area contributed by atoms with Crippen molar-refractivity contribution in [3.63, 3.8) is 0 Å². The van der Waals surface area contributed by atoms with E-state index in [2.05, 4.69) is 15.0 Å². The fourth-order valence-electron chi connectivity index (χ4n) is 2.81. The Labute approximate surface area is 165 Å². The van der Waals surface area contributed by atoms with Crippen LogP contribution >= 0.6 is 0 Å². The molecule has 7 heteroatoms. The molecule has 0 aliphatic rings. The lowest BCUT2D eigenvalue weighted by molar-refractivity contribution is 0.414. The monoisotopic (exact) mass is 397 g/mol. The molecule has 0 atom stereocenters. The standard InChI is InChI=1S/C21H23N3O3S/c1-14-6-5-7-19(16(14)3)23-21-11-8-17(13-22-21)24-28(25,26)20-10-9-18(27-4)12-15(20)2/h5-13,24H,1-4H3,(H,22,23). The van der Waals surface area contributed by atoms with Crippen molar-refractivity contribution in [1.29, 1.82) is 0 Å². The van der Waals surface area contributed by atoms with E-state index in [1.165, 1.54) is 17.8 Å². The summed E-state index contributed by atoms with van der Waals surface area (Å²) < 4.78 is 33.1. The van der Waals surface area contributed by atoms with Gasteiger partial charge in [0.2, 0.25) is 0 Å². The second-order valence-electron chi connectivity index (χ2n) is 6.54. The van der Waals surface area contributed by atoms with Crippen molar-refractivity contribution in [3.8, 4) is 5.75 Å². The van der Waals surface area contributed by atoms with E-state index in [1.54, 1.807) is 38.3 Å². The zero-order chi connectivity index (χ0) is 20.3. The molecule has 0 unspecified atom stereocenters. The van der Waals surface area contributed by atoms with Gasteiger partial charge in [-0.15, -0.1) is 0 Å². The molecule has 3 aromatic rings. The van der Waals surface area contributed by atoms with Crippen molar-refractivity contribution in [2.24, 2.45) is 0 Å². The number of nitrogens with zero attached hydrogens (tertiary/aromatic N) is 1. The maximum absolute atomic E-state index is 12.7. The average Bonchev–Trinajstić information content (AvgIpc) is 2.66. The Hall–Kier alpha value is -3.06. The third-order valence-electron chi connectivity index (χ3n) is 4.55. The van der Waals surface area contributed by atoms with Crippen LogP contribution in [0.5, 0.6) is 5.75 Å². The minimum atomic E-state index is -3.72. The number of sulfonamides is 1. The number of hydrogen-bond acceptors (Lipinski definition) is 5. The van der Waals surface area contributed by atoms with Crippen LogP contribution in [0.3, 0.4) is 0 Å². The molecule has 0 aliphatic carbocycles. The summed E-state index contributed by atoms with van der Waals surface area (Å²) in [6, 6.07) is 14.3. The zero-order valence-electron chi connectivity index (χ0n) is 16.3. The zero-order valence-corrected chi connectivity index (χ0v) is 17.1. The Morgan fingerprint density at radius 3 is 2.39 bits per heavy atom. The highest BCUT2D eigenvalue weighted by molar-refractivity contribution is 7.92. The lowest BCUT2D eigenvalue weighted by Gasteiger charge is -2.13. The Kier molecular flexibility index (Phi) is 5.56. The Bertz CT molecular complexity index is 1090. The first-order valence-corrected chi connectivity index (χ1v) is 10.3. The highest BCUT2D eigenvalue weighted by Gasteiger charge is 2.17. The van der Waals surface area contributed by atoms with Gasteiger partial charge in [0.25, 0.3) is 10.0 Å². The lowest BCUT2D eigenvalue weighted by atomic mass is 10.1. The van der Waals surface area contributed by atoms with Gasteiger partial charge in [-0.1, -0.05) is 12.1 Å². The SMILES string of the molecule is COc1ccc(S(=O)(=O)Nc2ccc(Nc3cccc(C)c3C)nc2)c(C)c1. The summed E-state index contributed by atoms with van der Waals surface area (Å²) in [5, 5.41) is 3.25. The van der Waals surface area contributed by atoms with E-state index in [9.17, 15) is 8.42 Å². The molecule has 2 N–H and O–H groups in total. The molecule has 6 nitrogen and oxygen atoms in total. The smallest absolute Gasteiger partial charge is 0.262 e. The average molecular weight is 398 g/mol. The summed E-state index contributed by atoms with van der Waals surface area (Å²) in [5.74, 6) is 1.25. The van der Waals surface area contributed by atoms with Gasteiger partial charge in [0.05, 0.1) is 23.9 Å². The first kappa shape index (κ1) is 19.7. The summed E-state index contributed by atoms with van der Waals surface area (Å²) in [7, 11) is -2.18. The molecule has 0 saturated carbocycles. The van der Waals surface area contributed by atoms with Gasteiger partial charge in [0, 0.05) is 5.69 Å². The molecule has 146 valence electrons. The molecule has 3 rings (SSSR count). The van der Waals surface area contributed by atoms with Crippen molar-refractivity contribution in [2.45, 2.75) is 25.7 Å². The third-order valence-corrected chi connectivity index (χ3v) is 6.10. The number of benzene rings is 2. The van der Waals surface area contributed by atoms with Crippen LogP contribution in [0.1, 0.15) is 16.7 Å². The molecule has 1 heterocycles. The summed E-state index contributed by atoms with van der Waals surface area (Å²) >= 11 is 0. The van der Waals surface area contributed by atoms with Gasteiger partial charge in [-0.25, -0.2) is 13.4 Å². The summed E-state index contributed by atoms with van der Waals surface area (Å²) in [6.07, 6.45) is 1.49. The number of pyridine rings is 1. The number of aromatic nitrogens is 1. The largest absolute Gasteiger partial charge is 0.497 e. The number of anilines is 3. The second kappa shape index (κ2) is 7.90. The van der Waals surface area contributed by atoms with Gasteiger partial charge < -0.3 is 10.1 Å². The van der Waals surface area contributed by atoms with Crippen LogP contribution in [-0.2, 0) is 10.0 Å². The van der Waals surface area contributed by atoms with E-state index in [4.69, 9.17) is 4.74 Å². The van der Waals surface area contributed by atoms with E-state index in [-0.39, 0.29) is 4.90 Å². The van der Waals surface area contributed by atoms with E-state index in [0.29, 0.717) is 22.8 Å². The van der Waals surface area contributed by atoms with Crippen LogP contribution in [0.25, 0.3) is 0 Å². The molecule has 0 saturated heterocycles. The van der Waals surface area contributed by atoms with E-state index >= 15 is 0 Å². The maximum atomic E-state index is 12.7. The third kappa shape index (κ3) is 4.26. The first-order valence-electron chi connectivity index (χ1n) is 8.77. The van der Waals surface area contributed by atoms with Crippen molar-refractivity contribution in [3.05, 3.63) is 71.4 Å². The molecule has 0 spiro atoms. The summed E-state index contributed by atoms with van der Waals surface area (Å²) in [5.41, 5.74) is 4.29. The molecule has 28 heavy (non-hydrogen) atoms. The van der Waals surface area contributed by atoms with Gasteiger partial charge >= 0.3 is 0 Å². The van der Waals surface area contributed by atoms with Crippen molar-refractivity contribution in [2.75, 3.05) is 17.1 Å². The molecular weight excluding hydrogens is 374 g/mol. The van der Waals surface area contributed by atoms with Gasteiger partial charge in [0.1, 0.15) is 11.6 Å². The minimum Gasteiger partial charge on any atom is -0.497 e. The van der Waals surface area contributed by atoms with Crippen LogP contribution in [0.2, 0.25) is 0 Å². The Morgan fingerprint density at radius 1 is 0.964 bits per heavy atom. The van der Waals surface area contributed by atoms with E-state index in [0.717, 1.165) is 11.3 Å². The number of hydrogen-bond donors (Lipinski definition) is 2. The second-order valence-corrected chi connectivity index (χ2v) is 8.19. The van der Waals surface area contributed by atoms with Gasteiger partial charge in [0.15, 0.2) is 0 Å². The van der Waals surface area contributed by atoms with Crippen molar-refractivity contribution >= 4 is 27.2 Å². The molecule has 1 aromatic heterocycles. The predicted octanol–water partition coefficient (Wildman–Crippen LogP) is 4.56. The van der Waals surface area contributed by atoms with Gasteiger partial charge in [-0.3, -0.25) is 4.72 Å². The molecular formula is C21H23N3O3S. The fourth-order valence-corrected chi connectivity index (χ4v) is 4.08.